The van der Waals surface area contributed by atoms with E-state index < -0.39 is 0 Å². The summed E-state index contributed by atoms with van der Waals surface area (Å²) in [5.41, 5.74) is 13.0. The topological polar surface area (TPSA) is 26.0 Å². The second kappa shape index (κ2) is 4.87. The van der Waals surface area contributed by atoms with Crippen LogP contribution in [0.1, 0.15) is 43.6 Å². The average Bonchev–Trinajstić information content (AvgIpc) is 2.63. The number of rotatable bonds is 2. The Balaban J connectivity index is 2.45. The molecule has 0 radical (unpaired) electrons. The Morgan fingerprint density at radius 3 is 2.00 bits per heavy atom. The first kappa shape index (κ1) is 13.3. The van der Waals surface area contributed by atoms with Gasteiger partial charge in [0.2, 0.25) is 0 Å². The van der Waals surface area contributed by atoms with Crippen molar-refractivity contribution in [1.82, 2.24) is 0 Å². The Hall–Kier alpha value is -1.12. The molecule has 0 aliphatic heterocycles. The summed E-state index contributed by atoms with van der Waals surface area (Å²) in [5, 5.41) is 0. The third-order valence-electron chi connectivity index (χ3n) is 3.71. The first-order valence-electron chi connectivity index (χ1n) is 6.30. The Labute approximate surface area is 114 Å². The summed E-state index contributed by atoms with van der Waals surface area (Å²) in [5.74, 6) is 0. The van der Waals surface area contributed by atoms with E-state index in [1.807, 2.05) is 11.3 Å². The van der Waals surface area contributed by atoms with Gasteiger partial charge in [0.25, 0.3) is 0 Å². The Morgan fingerprint density at radius 2 is 1.44 bits per heavy atom. The van der Waals surface area contributed by atoms with Gasteiger partial charge in [-0.05, 0) is 68.5 Å². The molecule has 0 saturated heterocycles. The van der Waals surface area contributed by atoms with E-state index in [1.165, 1.54) is 37.6 Å². The van der Waals surface area contributed by atoms with Crippen LogP contribution in [0, 0.1) is 34.6 Å². The van der Waals surface area contributed by atoms with Crippen LogP contribution in [-0.2, 0) is 0 Å². The molecule has 2 heteroatoms. The van der Waals surface area contributed by atoms with E-state index in [0.717, 1.165) is 0 Å². The van der Waals surface area contributed by atoms with Gasteiger partial charge in [-0.2, -0.15) is 0 Å². The summed E-state index contributed by atoms with van der Waals surface area (Å²) < 4.78 is 0. The van der Waals surface area contributed by atoms with Gasteiger partial charge in [0.05, 0.1) is 6.04 Å². The largest absolute Gasteiger partial charge is 0.320 e. The minimum absolute atomic E-state index is 0.00157. The molecule has 0 saturated carbocycles. The second-order valence-electron chi connectivity index (χ2n) is 5.16. The molecule has 2 N–H and O–H groups in total. The molecule has 2 rings (SSSR count). The van der Waals surface area contributed by atoms with Gasteiger partial charge in [-0.1, -0.05) is 12.1 Å². The van der Waals surface area contributed by atoms with E-state index in [-0.39, 0.29) is 6.04 Å². The fourth-order valence-electron chi connectivity index (χ4n) is 2.23. The van der Waals surface area contributed by atoms with Crippen LogP contribution in [0.2, 0.25) is 0 Å². The highest BCUT2D eigenvalue weighted by molar-refractivity contribution is 7.12. The minimum Gasteiger partial charge on any atom is -0.320 e. The maximum absolute atomic E-state index is 6.43. The lowest BCUT2D eigenvalue weighted by molar-refractivity contribution is 0.878. The summed E-state index contributed by atoms with van der Waals surface area (Å²) in [7, 11) is 0. The van der Waals surface area contributed by atoms with Crippen molar-refractivity contribution < 1.29 is 0 Å². The molecule has 18 heavy (non-hydrogen) atoms. The monoisotopic (exact) mass is 259 g/mol. The summed E-state index contributed by atoms with van der Waals surface area (Å²) in [6.45, 7) is 10.8. The first-order chi connectivity index (χ1) is 8.40. The summed E-state index contributed by atoms with van der Waals surface area (Å²) in [4.78, 5) is 2.62. The SMILES string of the molecule is Cc1cc(C)c(C(N)c2cc(C)c(C)s2)cc1C. The number of nitrogens with two attached hydrogens (primary N) is 1. The number of thiophene rings is 1. The number of hydrogen-bond donors (Lipinski definition) is 1. The normalized spacial score (nSPS) is 12.8. The highest BCUT2D eigenvalue weighted by Gasteiger charge is 2.15. The molecule has 1 unspecified atom stereocenters. The Morgan fingerprint density at radius 1 is 0.833 bits per heavy atom. The van der Waals surface area contributed by atoms with Crippen molar-refractivity contribution in [1.29, 1.82) is 0 Å². The number of benzene rings is 1. The van der Waals surface area contributed by atoms with Crippen LogP contribution >= 0.6 is 11.3 Å². The second-order valence-corrected chi connectivity index (χ2v) is 6.45. The van der Waals surface area contributed by atoms with Crippen molar-refractivity contribution in [2.24, 2.45) is 5.73 Å². The first-order valence-corrected chi connectivity index (χ1v) is 7.12. The molecule has 1 aromatic heterocycles. The lowest BCUT2D eigenvalue weighted by Gasteiger charge is -2.15. The zero-order valence-corrected chi connectivity index (χ0v) is 12.6. The summed E-state index contributed by atoms with van der Waals surface area (Å²) in [6, 6.07) is 6.69. The van der Waals surface area contributed by atoms with Crippen LogP contribution in [0.4, 0.5) is 0 Å². The van der Waals surface area contributed by atoms with Crippen LogP contribution in [0.5, 0.6) is 0 Å². The molecule has 0 spiro atoms. The summed E-state index contributed by atoms with van der Waals surface area (Å²) >= 11 is 1.81. The fraction of sp³-hybridized carbons (Fsp3) is 0.375. The van der Waals surface area contributed by atoms with Crippen molar-refractivity contribution in [3.05, 3.63) is 55.8 Å². The van der Waals surface area contributed by atoms with Gasteiger partial charge < -0.3 is 5.73 Å². The number of aryl methyl sites for hydroxylation is 5. The zero-order valence-electron chi connectivity index (χ0n) is 11.8. The zero-order chi connectivity index (χ0) is 13.4. The molecule has 1 nitrogen and oxygen atoms in total. The predicted molar refractivity (Wildman–Crippen MR) is 80.5 cm³/mol. The van der Waals surface area contributed by atoms with E-state index in [1.54, 1.807) is 0 Å². The van der Waals surface area contributed by atoms with Crippen molar-refractivity contribution in [2.45, 2.75) is 40.7 Å². The van der Waals surface area contributed by atoms with Crippen molar-refractivity contribution in [3.8, 4) is 0 Å². The molecule has 0 fully saturated rings. The van der Waals surface area contributed by atoms with Gasteiger partial charge >= 0.3 is 0 Å². The average molecular weight is 259 g/mol. The third kappa shape index (κ3) is 2.36. The third-order valence-corrected chi connectivity index (χ3v) is 4.94. The van der Waals surface area contributed by atoms with Gasteiger partial charge in [0.15, 0.2) is 0 Å². The van der Waals surface area contributed by atoms with Crippen LogP contribution in [0.3, 0.4) is 0 Å². The standard InChI is InChI=1S/C16H21NS/c1-9-6-12(4)14(7-10(9)2)16(17)15-8-11(3)13(5)18-15/h6-8,16H,17H2,1-5H3. The molecule has 0 bridgehead atoms. The van der Waals surface area contributed by atoms with Crippen LogP contribution in [0.25, 0.3) is 0 Å². The van der Waals surface area contributed by atoms with E-state index >= 15 is 0 Å². The maximum atomic E-state index is 6.43. The lowest BCUT2D eigenvalue weighted by atomic mass is 9.95. The molecular weight excluding hydrogens is 238 g/mol. The predicted octanol–water partition coefficient (Wildman–Crippen LogP) is 4.34. The Kier molecular flexibility index (Phi) is 3.60. The highest BCUT2D eigenvalue weighted by atomic mass is 32.1. The van der Waals surface area contributed by atoms with Crippen LogP contribution in [-0.4, -0.2) is 0 Å². The van der Waals surface area contributed by atoms with E-state index in [0.29, 0.717) is 0 Å². The molecule has 1 aromatic carbocycles. The molecule has 1 atom stereocenters. The van der Waals surface area contributed by atoms with Gasteiger partial charge in [-0.3, -0.25) is 0 Å². The fourth-order valence-corrected chi connectivity index (χ4v) is 3.29. The van der Waals surface area contributed by atoms with Gasteiger partial charge in [-0.25, -0.2) is 0 Å². The molecular formula is C16H21NS. The number of hydrogen-bond acceptors (Lipinski definition) is 2. The van der Waals surface area contributed by atoms with Crippen LogP contribution < -0.4 is 5.73 Å². The van der Waals surface area contributed by atoms with Crippen LogP contribution in [0.15, 0.2) is 18.2 Å². The molecule has 1 heterocycles. The smallest absolute Gasteiger partial charge is 0.0648 e. The van der Waals surface area contributed by atoms with Crippen molar-refractivity contribution in [3.63, 3.8) is 0 Å². The molecule has 96 valence electrons. The highest BCUT2D eigenvalue weighted by Crippen LogP contribution is 2.31. The molecule has 0 aliphatic rings. The van der Waals surface area contributed by atoms with Crippen molar-refractivity contribution >= 4 is 11.3 Å². The van der Waals surface area contributed by atoms with E-state index in [9.17, 15) is 0 Å². The lowest BCUT2D eigenvalue weighted by Crippen LogP contribution is -2.12. The van der Waals surface area contributed by atoms with Gasteiger partial charge in [0.1, 0.15) is 0 Å². The Bertz CT molecular complexity index is 562. The molecule has 0 amide bonds. The maximum Gasteiger partial charge on any atom is 0.0648 e. The summed E-state index contributed by atoms with van der Waals surface area (Å²) in [6.07, 6.45) is 0. The van der Waals surface area contributed by atoms with Gasteiger partial charge in [-0.15, -0.1) is 11.3 Å². The van der Waals surface area contributed by atoms with Gasteiger partial charge in [0, 0.05) is 9.75 Å². The quantitative estimate of drug-likeness (QED) is 0.853. The van der Waals surface area contributed by atoms with E-state index in [2.05, 4.69) is 52.8 Å². The van der Waals surface area contributed by atoms with Crippen molar-refractivity contribution in [2.75, 3.05) is 0 Å². The minimum atomic E-state index is 0.00157. The molecule has 0 aliphatic carbocycles. The van der Waals surface area contributed by atoms with E-state index in [4.69, 9.17) is 5.73 Å². The molecule has 2 aromatic rings.